The number of likely N-dealkylation sites (tertiary alicyclic amines) is 1. The highest BCUT2D eigenvalue weighted by atomic mass is 15.2. The number of rotatable bonds is 2. The number of nitrogens with zero attached hydrogens (tertiary/aromatic N) is 3. The van der Waals surface area contributed by atoms with Gasteiger partial charge in [-0.05, 0) is 38.9 Å². The summed E-state index contributed by atoms with van der Waals surface area (Å²) in [7, 11) is 4.03. The first kappa shape index (κ1) is 12.8. The topological polar surface area (TPSA) is 94.7 Å². The fourth-order valence-corrected chi connectivity index (χ4v) is 1.93. The van der Waals surface area contributed by atoms with Crippen molar-refractivity contribution in [3.63, 3.8) is 0 Å². The maximum Gasteiger partial charge on any atom is 0.215 e. The monoisotopic (exact) mass is 226 g/mol. The molecule has 0 spiro atoms. The highest BCUT2D eigenvalue weighted by Crippen LogP contribution is 2.16. The van der Waals surface area contributed by atoms with Crippen molar-refractivity contribution in [2.45, 2.75) is 12.8 Å². The minimum atomic E-state index is -0.243. The Labute approximate surface area is 96.8 Å². The lowest BCUT2D eigenvalue weighted by molar-refractivity contribution is 0.200. The summed E-state index contributed by atoms with van der Waals surface area (Å²) >= 11 is 0. The third-order valence-corrected chi connectivity index (χ3v) is 3.00. The van der Waals surface area contributed by atoms with E-state index in [1.54, 1.807) is 0 Å². The highest BCUT2D eigenvalue weighted by molar-refractivity contribution is 5.91. The minimum absolute atomic E-state index is 0.243. The van der Waals surface area contributed by atoms with Crippen molar-refractivity contribution < 1.29 is 0 Å². The van der Waals surface area contributed by atoms with E-state index in [4.69, 9.17) is 16.9 Å². The van der Waals surface area contributed by atoms with Gasteiger partial charge < -0.3 is 21.3 Å². The smallest absolute Gasteiger partial charge is 0.215 e. The number of nitrogens with one attached hydrogen (secondary N) is 1. The molecule has 0 aromatic carbocycles. The first-order valence-corrected chi connectivity index (χ1v) is 5.57. The van der Waals surface area contributed by atoms with Crippen LogP contribution in [0.2, 0.25) is 0 Å². The molecule has 1 heterocycles. The summed E-state index contributed by atoms with van der Waals surface area (Å²) in [5, 5.41) is 7.04. The van der Waals surface area contributed by atoms with Crippen LogP contribution in [0.1, 0.15) is 12.8 Å². The van der Waals surface area contributed by atoms with Gasteiger partial charge in [0.05, 0.1) is 0 Å². The summed E-state index contributed by atoms with van der Waals surface area (Å²) in [4.78, 5) is 7.94. The Kier molecular flexibility index (Phi) is 4.54. The predicted molar refractivity (Wildman–Crippen MR) is 66.4 cm³/mol. The number of hydrogen-bond acceptors (Lipinski definition) is 2. The number of aliphatic imine (C=N–C) groups is 1. The predicted octanol–water partition coefficient (Wildman–Crippen LogP) is -0.532. The maximum atomic E-state index is 7.04. The Morgan fingerprint density at radius 1 is 1.44 bits per heavy atom. The van der Waals surface area contributed by atoms with Crippen LogP contribution in [0.5, 0.6) is 0 Å². The second-order valence-electron chi connectivity index (χ2n) is 4.48. The van der Waals surface area contributed by atoms with Crippen LogP contribution in [0.3, 0.4) is 0 Å². The van der Waals surface area contributed by atoms with Crippen molar-refractivity contribution in [2.24, 2.45) is 22.4 Å². The van der Waals surface area contributed by atoms with Crippen LogP contribution in [-0.2, 0) is 0 Å². The molecule has 0 unspecified atom stereocenters. The molecule has 1 fully saturated rings. The zero-order valence-electron chi connectivity index (χ0n) is 10.1. The van der Waals surface area contributed by atoms with Crippen molar-refractivity contribution in [1.29, 1.82) is 5.41 Å². The average Bonchev–Trinajstić information content (AvgIpc) is 2.20. The van der Waals surface area contributed by atoms with E-state index >= 15 is 0 Å². The summed E-state index contributed by atoms with van der Waals surface area (Å²) in [5.74, 6) is 0.737. The largest absolute Gasteiger partial charge is 0.369 e. The van der Waals surface area contributed by atoms with Crippen molar-refractivity contribution in [2.75, 3.05) is 33.7 Å². The zero-order valence-corrected chi connectivity index (χ0v) is 10.1. The molecule has 6 heteroatoms. The van der Waals surface area contributed by atoms with E-state index in [2.05, 4.69) is 16.9 Å². The fraction of sp³-hybridized carbons (Fsp3) is 0.800. The fourth-order valence-electron chi connectivity index (χ4n) is 1.93. The molecule has 1 saturated heterocycles. The molecule has 6 nitrogen and oxygen atoms in total. The molecule has 0 atom stereocenters. The Morgan fingerprint density at radius 3 is 2.50 bits per heavy atom. The second kappa shape index (κ2) is 5.69. The number of hydrogen-bond donors (Lipinski definition) is 3. The van der Waals surface area contributed by atoms with E-state index in [-0.39, 0.29) is 5.96 Å². The SMILES string of the molecule is CN1CCC(CN(C)/C(N)=N/C(=N)N)CC1. The normalized spacial score (nSPS) is 19.8. The van der Waals surface area contributed by atoms with Gasteiger partial charge in [0.1, 0.15) is 0 Å². The molecule has 0 aromatic rings. The molecule has 5 N–H and O–H groups in total. The van der Waals surface area contributed by atoms with E-state index in [0.717, 1.165) is 19.6 Å². The van der Waals surface area contributed by atoms with E-state index in [1.165, 1.54) is 12.8 Å². The van der Waals surface area contributed by atoms with E-state index < -0.39 is 0 Å². The Bertz CT molecular complexity index is 266. The average molecular weight is 226 g/mol. The van der Waals surface area contributed by atoms with Crippen molar-refractivity contribution in [3.8, 4) is 0 Å². The van der Waals surface area contributed by atoms with Gasteiger partial charge in [-0.2, -0.15) is 4.99 Å². The van der Waals surface area contributed by atoms with Crippen molar-refractivity contribution in [3.05, 3.63) is 0 Å². The molecule has 0 aliphatic carbocycles. The maximum absolute atomic E-state index is 7.04. The van der Waals surface area contributed by atoms with Crippen LogP contribution in [-0.4, -0.2) is 55.4 Å². The summed E-state index contributed by atoms with van der Waals surface area (Å²) in [6.45, 7) is 3.17. The lowest BCUT2D eigenvalue weighted by atomic mass is 9.97. The van der Waals surface area contributed by atoms with Crippen LogP contribution < -0.4 is 11.5 Å². The molecular formula is C10H22N6. The molecule has 0 saturated carbocycles. The Balaban J connectivity index is 2.39. The summed E-state index contributed by atoms with van der Waals surface area (Å²) < 4.78 is 0. The Morgan fingerprint density at radius 2 is 2.00 bits per heavy atom. The van der Waals surface area contributed by atoms with Gasteiger partial charge in [0.2, 0.25) is 5.96 Å². The first-order valence-electron chi connectivity index (χ1n) is 5.57. The molecule has 0 bridgehead atoms. The highest BCUT2D eigenvalue weighted by Gasteiger charge is 2.18. The zero-order chi connectivity index (χ0) is 12.1. The Hall–Kier alpha value is -1.30. The van der Waals surface area contributed by atoms with Gasteiger partial charge in [0.25, 0.3) is 0 Å². The lowest BCUT2D eigenvalue weighted by Gasteiger charge is -2.31. The minimum Gasteiger partial charge on any atom is -0.369 e. The van der Waals surface area contributed by atoms with Gasteiger partial charge >= 0.3 is 0 Å². The summed E-state index contributed by atoms with van der Waals surface area (Å²) in [6, 6.07) is 0. The molecule has 0 amide bonds. The molecule has 0 aromatic heterocycles. The lowest BCUT2D eigenvalue weighted by Crippen LogP contribution is -2.41. The molecule has 1 aliphatic rings. The van der Waals surface area contributed by atoms with Crippen LogP contribution in [0.25, 0.3) is 0 Å². The van der Waals surface area contributed by atoms with Crippen LogP contribution in [0, 0.1) is 11.3 Å². The number of guanidine groups is 2. The van der Waals surface area contributed by atoms with Gasteiger partial charge in [-0.15, -0.1) is 0 Å². The van der Waals surface area contributed by atoms with E-state index in [1.807, 2.05) is 11.9 Å². The van der Waals surface area contributed by atoms with E-state index in [9.17, 15) is 0 Å². The third-order valence-electron chi connectivity index (χ3n) is 3.00. The van der Waals surface area contributed by atoms with Gasteiger partial charge in [0, 0.05) is 13.6 Å². The van der Waals surface area contributed by atoms with Gasteiger partial charge in [-0.3, -0.25) is 5.41 Å². The molecule has 16 heavy (non-hydrogen) atoms. The summed E-state index contributed by atoms with van der Waals surface area (Å²) in [5.41, 5.74) is 10.9. The van der Waals surface area contributed by atoms with Crippen LogP contribution in [0.4, 0.5) is 0 Å². The molecule has 0 radical (unpaired) electrons. The quantitative estimate of drug-likeness (QED) is 0.435. The number of nitrogens with two attached hydrogens (primary N) is 2. The van der Waals surface area contributed by atoms with Gasteiger partial charge in [0.15, 0.2) is 5.96 Å². The second-order valence-corrected chi connectivity index (χ2v) is 4.48. The third kappa shape index (κ3) is 4.06. The van der Waals surface area contributed by atoms with Crippen molar-refractivity contribution >= 4 is 11.9 Å². The number of piperidine rings is 1. The summed E-state index contributed by atoms with van der Waals surface area (Å²) in [6.07, 6.45) is 2.38. The van der Waals surface area contributed by atoms with Crippen LogP contribution in [0.15, 0.2) is 4.99 Å². The first-order chi connectivity index (χ1) is 7.49. The van der Waals surface area contributed by atoms with Crippen molar-refractivity contribution in [1.82, 2.24) is 9.80 Å². The molecule has 1 aliphatic heterocycles. The molecule has 1 rings (SSSR count). The van der Waals surface area contributed by atoms with Gasteiger partial charge in [-0.25, -0.2) is 0 Å². The van der Waals surface area contributed by atoms with Gasteiger partial charge in [-0.1, -0.05) is 0 Å². The molecular weight excluding hydrogens is 204 g/mol. The molecule has 92 valence electrons. The van der Waals surface area contributed by atoms with E-state index in [0.29, 0.717) is 11.9 Å². The van der Waals surface area contributed by atoms with Crippen LogP contribution >= 0.6 is 0 Å². The standard InChI is InChI=1S/C10H22N6/c1-15-5-3-8(4-6-15)7-16(2)10(13)14-9(11)12/h8H,3-7H2,1-2H3,(H5,11,12,13,14).